The molecule has 0 aromatic carbocycles. The molecule has 0 radical (unpaired) electrons. The molecule has 2 atom stereocenters. The van der Waals surface area contributed by atoms with Crippen LogP contribution in [0.15, 0.2) is 35.5 Å². The van der Waals surface area contributed by atoms with E-state index < -0.39 is 0 Å². The zero-order valence-corrected chi connectivity index (χ0v) is 12.0. The van der Waals surface area contributed by atoms with Gasteiger partial charge < -0.3 is 9.47 Å². The minimum atomic E-state index is 0.0797. The zero-order chi connectivity index (χ0) is 13.3. The van der Waals surface area contributed by atoms with Crippen LogP contribution in [0.3, 0.4) is 0 Å². The van der Waals surface area contributed by atoms with Crippen molar-refractivity contribution in [3.8, 4) is 0 Å². The van der Waals surface area contributed by atoms with Crippen LogP contribution in [-0.2, 0) is 9.47 Å². The molecule has 2 nitrogen and oxygen atoms in total. The van der Waals surface area contributed by atoms with E-state index in [0.29, 0.717) is 0 Å². The Morgan fingerprint density at radius 2 is 1.59 bits per heavy atom. The molecule has 2 unspecified atom stereocenters. The maximum absolute atomic E-state index is 5.56. The maximum Gasteiger partial charge on any atom is 0.0845 e. The highest BCUT2D eigenvalue weighted by Gasteiger charge is 2.18. The van der Waals surface area contributed by atoms with Gasteiger partial charge in [-0.2, -0.15) is 0 Å². The predicted molar refractivity (Wildman–Crippen MR) is 74.2 cm³/mol. The van der Waals surface area contributed by atoms with Gasteiger partial charge >= 0.3 is 0 Å². The van der Waals surface area contributed by atoms with Crippen molar-refractivity contribution in [2.24, 2.45) is 0 Å². The molecule has 0 saturated heterocycles. The number of allylic oxidation sites excluding steroid dienone is 3. The summed E-state index contributed by atoms with van der Waals surface area (Å²) in [6.07, 6.45) is 9.34. The third-order valence-electron chi connectivity index (χ3n) is 3.02. The Morgan fingerprint density at radius 3 is 1.94 bits per heavy atom. The van der Waals surface area contributed by atoms with Gasteiger partial charge in [0.1, 0.15) is 0 Å². The largest absolute Gasteiger partial charge is 0.377 e. The molecular formula is C15H26O2. The van der Waals surface area contributed by atoms with Crippen molar-refractivity contribution in [3.05, 3.63) is 35.5 Å². The Morgan fingerprint density at radius 1 is 1.00 bits per heavy atom. The second-order valence-electron chi connectivity index (χ2n) is 4.01. The second-order valence-corrected chi connectivity index (χ2v) is 4.01. The van der Waals surface area contributed by atoms with Crippen LogP contribution in [-0.4, -0.2) is 26.4 Å². The first-order valence-electron chi connectivity index (χ1n) is 6.11. The van der Waals surface area contributed by atoms with Gasteiger partial charge in [-0.25, -0.2) is 0 Å². The molecule has 2 heteroatoms. The van der Waals surface area contributed by atoms with Crippen LogP contribution < -0.4 is 0 Å². The minimum absolute atomic E-state index is 0.0797. The molecule has 0 bridgehead atoms. The lowest BCUT2D eigenvalue weighted by atomic mass is 9.98. The van der Waals surface area contributed by atoms with E-state index in [1.54, 1.807) is 14.2 Å². The summed E-state index contributed by atoms with van der Waals surface area (Å²) in [6.45, 7) is 8.17. The highest BCUT2D eigenvalue weighted by Crippen LogP contribution is 2.19. The molecule has 0 spiro atoms. The van der Waals surface area contributed by atoms with Crippen molar-refractivity contribution in [1.82, 2.24) is 0 Å². The fraction of sp³-hybridized carbons (Fsp3) is 0.600. The van der Waals surface area contributed by atoms with Gasteiger partial charge in [-0.3, -0.25) is 0 Å². The Balaban J connectivity index is 4.79. The summed E-state index contributed by atoms with van der Waals surface area (Å²) < 4.78 is 11.1. The summed E-state index contributed by atoms with van der Waals surface area (Å²) >= 11 is 0. The molecule has 0 aromatic rings. The first kappa shape index (κ1) is 16.1. The SMILES string of the molecule is C/C=C\C(=C/C)C(CC(OC)/C(C)=C/C)OC. The van der Waals surface area contributed by atoms with Gasteiger partial charge in [0.2, 0.25) is 0 Å². The van der Waals surface area contributed by atoms with Gasteiger partial charge in [0.05, 0.1) is 12.2 Å². The number of ether oxygens (including phenoxy) is 2. The fourth-order valence-corrected chi connectivity index (χ4v) is 1.80. The van der Waals surface area contributed by atoms with Crippen molar-refractivity contribution >= 4 is 0 Å². The number of rotatable bonds is 7. The van der Waals surface area contributed by atoms with E-state index in [4.69, 9.17) is 9.47 Å². The summed E-state index contributed by atoms with van der Waals surface area (Å²) in [4.78, 5) is 0. The maximum atomic E-state index is 5.56. The van der Waals surface area contributed by atoms with Crippen LogP contribution in [0.2, 0.25) is 0 Å². The molecule has 0 aliphatic rings. The molecule has 0 fully saturated rings. The zero-order valence-electron chi connectivity index (χ0n) is 12.0. The summed E-state index contributed by atoms with van der Waals surface area (Å²) in [7, 11) is 3.49. The van der Waals surface area contributed by atoms with E-state index in [1.165, 1.54) is 11.1 Å². The van der Waals surface area contributed by atoms with Crippen LogP contribution in [0.1, 0.15) is 34.1 Å². The lowest BCUT2D eigenvalue weighted by Crippen LogP contribution is -2.23. The van der Waals surface area contributed by atoms with Crippen LogP contribution in [0.25, 0.3) is 0 Å². The van der Waals surface area contributed by atoms with E-state index in [1.807, 2.05) is 26.8 Å². The standard InChI is InChI=1S/C15H26O2/c1-7-10-13(9-3)15(17-6)11-14(16-5)12(4)8-2/h7-10,14-15H,11H2,1-6H3/b10-7-,12-8+,13-9+. The Bertz CT molecular complexity index is 287. The fourth-order valence-electron chi connectivity index (χ4n) is 1.80. The van der Waals surface area contributed by atoms with Crippen molar-refractivity contribution < 1.29 is 9.47 Å². The molecule has 0 amide bonds. The van der Waals surface area contributed by atoms with Gasteiger partial charge in [-0.1, -0.05) is 24.3 Å². The smallest absolute Gasteiger partial charge is 0.0845 e. The highest BCUT2D eigenvalue weighted by molar-refractivity contribution is 5.23. The van der Waals surface area contributed by atoms with Crippen LogP contribution >= 0.6 is 0 Å². The average molecular weight is 238 g/mol. The molecule has 0 heterocycles. The third kappa shape index (κ3) is 5.33. The monoisotopic (exact) mass is 238 g/mol. The summed E-state index contributed by atoms with van der Waals surface area (Å²) in [5.74, 6) is 0. The quantitative estimate of drug-likeness (QED) is 0.495. The summed E-state index contributed by atoms with van der Waals surface area (Å²) in [5, 5.41) is 0. The van der Waals surface area contributed by atoms with Gasteiger partial charge in [0.25, 0.3) is 0 Å². The topological polar surface area (TPSA) is 18.5 Å². The van der Waals surface area contributed by atoms with Crippen molar-refractivity contribution in [2.45, 2.75) is 46.3 Å². The van der Waals surface area contributed by atoms with Crippen molar-refractivity contribution in [1.29, 1.82) is 0 Å². The average Bonchev–Trinajstić information content (AvgIpc) is 2.37. The first-order valence-corrected chi connectivity index (χ1v) is 6.11. The van der Waals surface area contributed by atoms with Crippen LogP contribution in [0, 0.1) is 0 Å². The normalized spacial score (nSPS) is 17.5. The number of hydrogen-bond acceptors (Lipinski definition) is 2. The van der Waals surface area contributed by atoms with Gasteiger partial charge in [-0.15, -0.1) is 0 Å². The predicted octanol–water partition coefficient (Wildman–Crippen LogP) is 3.90. The number of methoxy groups -OCH3 is 2. The summed E-state index contributed by atoms with van der Waals surface area (Å²) in [6, 6.07) is 0. The van der Waals surface area contributed by atoms with E-state index >= 15 is 0 Å². The first-order chi connectivity index (χ1) is 8.14. The molecule has 98 valence electrons. The molecule has 0 rings (SSSR count). The highest BCUT2D eigenvalue weighted by atomic mass is 16.5. The Hall–Kier alpha value is -0.860. The lowest BCUT2D eigenvalue weighted by molar-refractivity contribution is 0.0564. The molecule has 17 heavy (non-hydrogen) atoms. The lowest BCUT2D eigenvalue weighted by Gasteiger charge is -2.23. The van der Waals surface area contributed by atoms with Gasteiger partial charge in [-0.05, 0) is 38.8 Å². The van der Waals surface area contributed by atoms with E-state index in [9.17, 15) is 0 Å². The van der Waals surface area contributed by atoms with E-state index in [0.717, 1.165) is 6.42 Å². The van der Waals surface area contributed by atoms with E-state index in [2.05, 4.69) is 25.2 Å². The molecule has 0 saturated carbocycles. The molecule has 0 N–H and O–H groups in total. The van der Waals surface area contributed by atoms with Crippen LogP contribution in [0.5, 0.6) is 0 Å². The molecule has 0 aromatic heterocycles. The second kappa shape index (κ2) is 9.20. The number of hydrogen-bond donors (Lipinski definition) is 0. The van der Waals surface area contributed by atoms with Gasteiger partial charge in [0, 0.05) is 20.6 Å². The summed E-state index contributed by atoms with van der Waals surface area (Å²) in [5.41, 5.74) is 2.44. The van der Waals surface area contributed by atoms with Gasteiger partial charge in [0.15, 0.2) is 0 Å². The van der Waals surface area contributed by atoms with Crippen LogP contribution in [0.4, 0.5) is 0 Å². The minimum Gasteiger partial charge on any atom is -0.377 e. The Kier molecular flexibility index (Phi) is 8.73. The van der Waals surface area contributed by atoms with Crippen molar-refractivity contribution in [2.75, 3.05) is 14.2 Å². The molecule has 0 aliphatic heterocycles. The van der Waals surface area contributed by atoms with Crippen molar-refractivity contribution in [3.63, 3.8) is 0 Å². The Labute approximate surface area is 106 Å². The molecular weight excluding hydrogens is 212 g/mol. The molecule has 0 aliphatic carbocycles. The third-order valence-corrected chi connectivity index (χ3v) is 3.02. The van der Waals surface area contributed by atoms with E-state index in [-0.39, 0.29) is 12.2 Å².